The van der Waals surface area contributed by atoms with Crippen LogP contribution in [0, 0.1) is 0 Å². The Bertz CT molecular complexity index is 1200. The highest BCUT2D eigenvalue weighted by atomic mass is 79.9. The minimum atomic E-state index is -0.235. The van der Waals surface area contributed by atoms with E-state index in [9.17, 15) is 14.7 Å². The first kappa shape index (κ1) is 22.3. The van der Waals surface area contributed by atoms with Crippen molar-refractivity contribution in [1.82, 2.24) is 5.32 Å². The van der Waals surface area contributed by atoms with Gasteiger partial charge in [0.05, 0.1) is 8.95 Å². The number of aryl methyl sites for hydroxylation is 1. The molecule has 0 bridgehead atoms. The number of hydrogen-bond donors (Lipinski definition) is 3. The molecule has 1 aliphatic rings. The summed E-state index contributed by atoms with van der Waals surface area (Å²) in [6, 6.07) is 18.8. The van der Waals surface area contributed by atoms with Crippen molar-refractivity contribution in [3.63, 3.8) is 0 Å². The third-order valence-electron chi connectivity index (χ3n) is 5.19. The van der Waals surface area contributed by atoms with E-state index in [2.05, 4.69) is 54.6 Å². The van der Waals surface area contributed by atoms with Crippen LogP contribution in [0.2, 0.25) is 0 Å². The van der Waals surface area contributed by atoms with Gasteiger partial charge in [-0.2, -0.15) is 0 Å². The maximum Gasteiger partial charge on any atom is 0.256 e. The number of carbonyl (C=O) groups excluding carboxylic acids is 2. The molecule has 0 saturated carbocycles. The molecule has 32 heavy (non-hydrogen) atoms. The molecule has 0 unspecified atom stereocenters. The zero-order valence-electron chi connectivity index (χ0n) is 17.0. The van der Waals surface area contributed by atoms with Gasteiger partial charge in [-0.3, -0.25) is 9.59 Å². The molecule has 0 aromatic heterocycles. The quantitative estimate of drug-likeness (QED) is 0.267. The predicted molar refractivity (Wildman–Crippen MR) is 134 cm³/mol. The lowest BCUT2D eigenvalue weighted by Crippen LogP contribution is -2.24. The number of carbonyl (C=O) groups is 2. The highest BCUT2D eigenvalue weighted by Crippen LogP contribution is 2.37. The molecule has 4 rings (SSSR count). The Morgan fingerprint density at radius 3 is 2.47 bits per heavy atom. The van der Waals surface area contributed by atoms with Crippen molar-refractivity contribution in [1.29, 1.82) is 0 Å². The van der Waals surface area contributed by atoms with Crippen molar-refractivity contribution in [2.75, 3.05) is 11.9 Å². The Hall–Kier alpha value is -2.90. The van der Waals surface area contributed by atoms with Crippen LogP contribution in [0.1, 0.15) is 33.5 Å². The van der Waals surface area contributed by atoms with Gasteiger partial charge in [-0.15, -0.1) is 0 Å². The van der Waals surface area contributed by atoms with E-state index in [1.165, 1.54) is 5.56 Å². The normalized spacial score (nSPS) is 13.7. The lowest BCUT2D eigenvalue weighted by molar-refractivity contribution is -0.110. The van der Waals surface area contributed by atoms with E-state index in [1.54, 1.807) is 36.4 Å². The fourth-order valence-corrected chi connectivity index (χ4v) is 4.77. The van der Waals surface area contributed by atoms with Crippen LogP contribution in [0.4, 0.5) is 5.69 Å². The lowest BCUT2D eigenvalue weighted by Gasteiger charge is -2.07. The van der Waals surface area contributed by atoms with E-state index in [4.69, 9.17) is 0 Å². The molecular weight excluding hydrogens is 536 g/mol. The van der Waals surface area contributed by atoms with E-state index < -0.39 is 0 Å². The van der Waals surface area contributed by atoms with Crippen LogP contribution < -0.4 is 10.6 Å². The van der Waals surface area contributed by atoms with Crippen LogP contribution in [0.3, 0.4) is 0 Å². The molecule has 0 spiro atoms. The van der Waals surface area contributed by atoms with Crippen molar-refractivity contribution >= 4 is 61.0 Å². The van der Waals surface area contributed by atoms with Crippen LogP contribution in [0.15, 0.2) is 69.6 Å². The molecule has 0 saturated heterocycles. The number of phenolic OH excluding ortho intramolecular Hbond substituents is 1. The molecule has 7 heteroatoms. The summed E-state index contributed by atoms with van der Waals surface area (Å²) in [5.74, 6) is -0.315. The first-order chi connectivity index (χ1) is 15.4. The third kappa shape index (κ3) is 4.95. The average Bonchev–Trinajstić information content (AvgIpc) is 3.10. The summed E-state index contributed by atoms with van der Waals surface area (Å²) in [6.45, 7) is 0.570. The SMILES string of the molecule is O=C1Nc2ccc(C(=O)NCCCc3ccccc3)cc2C1=Cc1cc(Br)c(O)c(Br)c1. The zero-order valence-corrected chi connectivity index (χ0v) is 20.2. The Morgan fingerprint density at radius 1 is 1.03 bits per heavy atom. The van der Waals surface area contributed by atoms with Gasteiger partial charge in [0.2, 0.25) is 0 Å². The smallest absolute Gasteiger partial charge is 0.256 e. The van der Waals surface area contributed by atoms with E-state index >= 15 is 0 Å². The first-order valence-electron chi connectivity index (χ1n) is 10.1. The molecule has 3 aromatic carbocycles. The molecule has 3 N–H and O–H groups in total. The fraction of sp³-hybridized carbons (Fsp3) is 0.120. The summed E-state index contributed by atoms with van der Waals surface area (Å²) in [5, 5.41) is 15.7. The molecule has 3 aromatic rings. The minimum absolute atomic E-state index is 0.0923. The molecule has 5 nitrogen and oxygen atoms in total. The minimum Gasteiger partial charge on any atom is -0.506 e. The van der Waals surface area contributed by atoms with Crippen LogP contribution in [-0.4, -0.2) is 23.5 Å². The standard InChI is InChI=1S/C25H20Br2N2O3/c26-20-12-16(13-21(27)23(20)30)11-19-18-14-17(8-9-22(18)29-25(19)32)24(31)28-10-4-7-15-5-2-1-3-6-15/h1-3,5-6,8-9,11-14,30H,4,7,10H2,(H,28,31)(H,29,32). The molecule has 2 amide bonds. The molecular formula is C25H20Br2N2O3. The van der Waals surface area contributed by atoms with Crippen molar-refractivity contribution < 1.29 is 14.7 Å². The van der Waals surface area contributed by atoms with Gasteiger partial charge in [0.15, 0.2) is 0 Å². The zero-order chi connectivity index (χ0) is 22.7. The van der Waals surface area contributed by atoms with Gasteiger partial charge < -0.3 is 15.7 Å². The topological polar surface area (TPSA) is 78.4 Å². The summed E-state index contributed by atoms with van der Waals surface area (Å²) >= 11 is 6.61. The van der Waals surface area contributed by atoms with Crippen molar-refractivity contribution in [3.8, 4) is 5.75 Å². The van der Waals surface area contributed by atoms with E-state index in [-0.39, 0.29) is 17.6 Å². The number of halogens is 2. The highest BCUT2D eigenvalue weighted by Gasteiger charge is 2.25. The van der Waals surface area contributed by atoms with Gasteiger partial charge in [0.25, 0.3) is 11.8 Å². The summed E-state index contributed by atoms with van der Waals surface area (Å²) in [5.41, 5.74) is 4.27. The Morgan fingerprint density at radius 2 is 1.75 bits per heavy atom. The second-order valence-corrected chi connectivity index (χ2v) is 9.16. The molecule has 0 fully saturated rings. The number of benzene rings is 3. The van der Waals surface area contributed by atoms with Crippen LogP contribution >= 0.6 is 31.9 Å². The second-order valence-electron chi connectivity index (χ2n) is 7.45. The molecule has 162 valence electrons. The molecule has 0 aliphatic carbocycles. The summed E-state index contributed by atoms with van der Waals surface area (Å²) in [4.78, 5) is 25.2. The Labute approximate surface area is 202 Å². The molecule has 1 aliphatic heterocycles. The van der Waals surface area contributed by atoms with Crippen molar-refractivity contribution in [2.24, 2.45) is 0 Å². The Kier molecular flexibility index (Phi) is 6.77. The van der Waals surface area contributed by atoms with Gasteiger partial charge in [0.1, 0.15) is 5.75 Å². The number of rotatable bonds is 6. The Balaban J connectivity index is 1.49. The van der Waals surface area contributed by atoms with Gasteiger partial charge in [0, 0.05) is 28.9 Å². The van der Waals surface area contributed by atoms with Crippen LogP contribution in [0.25, 0.3) is 11.6 Å². The fourth-order valence-electron chi connectivity index (χ4n) is 3.55. The maximum atomic E-state index is 12.7. The van der Waals surface area contributed by atoms with Gasteiger partial charge in [-0.1, -0.05) is 30.3 Å². The number of fused-ring (bicyclic) bond motifs is 1. The maximum absolute atomic E-state index is 12.7. The van der Waals surface area contributed by atoms with Crippen molar-refractivity contribution in [2.45, 2.75) is 12.8 Å². The number of phenols is 1. The summed E-state index contributed by atoms with van der Waals surface area (Å²) in [6.07, 6.45) is 3.47. The van der Waals surface area contributed by atoms with Gasteiger partial charge in [-0.25, -0.2) is 0 Å². The summed E-state index contributed by atoms with van der Waals surface area (Å²) < 4.78 is 1.03. The first-order valence-corrected chi connectivity index (χ1v) is 11.7. The highest BCUT2D eigenvalue weighted by molar-refractivity contribution is 9.11. The second kappa shape index (κ2) is 9.71. The predicted octanol–water partition coefficient (Wildman–Crippen LogP) is 5.77. The third-order valence-corrected chi connectivity index (χ3v) is 6.39. The number of anilines is 1. The lowest BCUT2D eigenvalue weighted by atomic mass is 10.0. The number of amides is 2. The van der Waals surface area contributed by atoms with Crippen LogP contribution in [-0.2, 0) is 11.2 Å². The number of nitrogens with one attached hydrogen (secondary N) is 2. The van der Waals surface area contributed by atoms with E-state index in [0.29, 0.717) is 37.9 Å². The van der Waals surface area contributed by atoms with Crippen LogP contribution in [0.5, 0.6) is 5.75 Å². The largest absolute Gasteiger partial charge is 0.506 e. The van der Waals surface area contributed by atoms with E-state index in [1.807, 2.05) is 18.2 Å². The number of hydrogen-bond acceptors (Lipinski definition) is 3. The summed E-state index contributed by atoms with van der Waals surface area (Å²) in [7, 11) is 0. The van der Waals surface area contributed by atoms with E-state index in [0.717, 1.165) is 18.4 Å². The van der Waals surface area contributed by atoms with Crippen molar-refractivity contribution in [3.05, 3.63) is 91.9 Å². The van der Waals surface area contributed by atoms with Gasteiger partial charge in [-0.05, 0) is 92.2 Å². The monoisotopic (exact) mass is 554 g/mol. The average molecular weight is 556 g/mol. The molecule has 0 radical (unpaired) electrons. The van der Waals surface area contributed by atoms with Gasteiger partial charge >= 0.3 is 0 Å². The number of aromatic hydroxyl groups is 1. The molecule has 0 atom stereocenters. The molecule has 1 heterocycles.